The van der Waals surface area contributed by atoms with Gasteiger partial charge in [0.1, 0.15) is 0 Å². The van der Waals surface area contributed by atoms with E-state index in [4.69, 9.17) is 9.47 Å². The largest absolute Gasteiger partial charge is 0.376 e. The molecule has 0 spiro atoms. The van der Waals surface area contributed by atoms with E-state index in [2.05, 4.69) is 36.5 Å². The van der Waals surface area contributed by atoms with Crippen LogP contribution in [0.3, 0.4) is 0 Å². The van der Waals surface area contributed by atoms with Crippen molar-refractivity contribution in [2.24, 2.45) is 0 Å². The Morgan fingerprint density at radius 2 is 2.25 bits per heavy atom. The molecule has 3 nitrogen and oxygen atoms in total. The highest BCUT2D eigenvalue weighted by Gasteiger charge is 2.24. The molecule has 2 fully saturated rings. The zero-order valence-electron chi connectivity index (χ0n) is 12.3. The third-order valence-corrected chi connectivity index (χ3v) is 4.09. The summed E-state index contributed by atoms with van der Waals surface area (Å²) in [5.41, 5.74) is 2.57. The van der Waals surface area contributed by atoms with Crippen LogP contribution in [0.25, 0.3) is 0 Å². The van der Waals surface area contributed by atoms with E-state index in [9.17, 15) is 0 Å². The van der Waals surface area contributed by atoms with Crippen LogP contribution in [0.15, 0.2) is 24.3 Å². The lowest BCUT2D eigenvalue weighted by atomic mass is 10.1. The van der Waals surface area contributed by atoms with Crippen molar-refractivity contribution in [3.8, 4) is 0 Å². The standard InChI is InChI=1S/C17H25NO2/c1-13-4-2-5-14(10-13)17(11-18-15-7-8-15)20-12-16-6-3-9-19-16/h2,4-5,10,15-18H,3,6-9,11-12H2,1H3. The Balaban J connectivity index is 1.59. The minimum absolute atomic E-state index is 0.139. The molecular weight excluding hydrogens is 250 g/mol. The van der Waals surface area contributed by atoms with Crippen LogP contribution in [0.2, 0.25) is 0 Å². The highest BCUT2D eigenvalue weighted by molar-refractivity contribution is 5.24. The zero-order valence-corrected chi connectivity index (χ0v) is 12.3. The minimum atomic E-state index is 0.139. The van der Waals surface area contributed by atoms with Gasteiger partial charge in [0.25, 0.3) is 0 Å². The first-order valence-electron chi connectivity index (χ1n) is 7.84. The van der Waals surface area contributed by atoms with Gasteiger partial charge >= 0.3 is 0 Å². The smallest absolute Gasteiger partial charge is 0.0950 e. The van der Waals surface area contributed by atoms with Crippen molar-refractivity contribution >= 4 is 0 Å². The summed E-state index contributed by atoms with van der Waals surface area (Å²) < 4.78 is 11.8. The van der Waals surface area contributed by atoms with Crippen LogP contribution in [0.4, 0.5) is 0 Å². The van der Waals surface area contributed by atoms with Gasteiger partial charge in [-0.3, -0.25) is 0 Å². The van der Waals surface area contributed by atoms with E-state index in [1.165, 1.54) is 30.4 Å². The van der Waals surface area contributed by atoms with Crippen LogP contribution in [-0.2, 0) is 9.47 Å². The number of hydrogen-bond acceptors (Lipinski definition) is 3. The fraction of sp³-hybridized carbons (Fsp3) is 0.647. The Morgan fingerprint density at radius 1 is 1.35 bits per heavy atom. The number of aryl methyl sites for hydroxylation is 1. The summed E-state index contributed by atoms with van der Waals surface area (Å²) in [5.74, 6) is 0. The van der Waals surface area contributed by atoms with Crippen molar-refractivity contribution in [2.75, 3.05) is 19.8 Å². The molecule has 1 heterocycles. The SMILES string of the molecule is Cc1cccc(C(CNC2CC2)OCC2CCCO2)c1. The van der Waals surface area contributed by atoms with Gasteiger partial charge in [-0.25, -0.2) is 0 Å². The first-order chi connectivity index (χ1) is 9.81. The van der Waals surface area contributed by atoms with Gasteiger partial charge in [-0.1, -0.05) is 29.8 Å². The maximum absolute atomic E-state index is 6.16. The molecule has 20 heavy (non-hydrogen) atoms. The average molecular weight is 275 g/mol. The Hall–Kier alpha value is -0.900. The number of nitrogens with one attached hydrogen (secondary N) is 1. The van der Waals surface area contributed by atoms with Crippen LogP contribution in [-0.4, -0.2) is 31.9 Å². The fourth-order valence-electron chi connectivity index (χ4n) is 2.70. The van der Waals surface area contributed by atoms with Gasteiger partial charge in [-0.05, 0) is 38.2 Å². The molecule has 110 valence electrons. The normalized spacial score (nSPS) is 23.9. The van der Waals surface area contributed by atoms with Crippen LogP contribution < -0.4 is 5.32 Å². The molecule has 0 aromatic heterocycles. The van der Waals surface area contributed by atoms with Gasteiger partial charge in [-0.15, -0.1) is 0 Å². The lowest BCUT2D eigenvalue weighted by Crippen LogP contribution is -2.27. The van der Waals surface area contributed by atoms with Crippen molar-refractivity contribution in [3.63, 3.8) is 0 Å². The van der Waals surface area contributed by atoms with Gasteiger partial charge in [0, 0.05) is 19.2 Å². The van der Waals surface area contributed by atoms with E-state index < -0.39 is 0 Å². The molecule has 1 aromatic rings. The number of ether oxygens (including phenoxy) is 2. The fourth-order valence-corrected chi connectivity index (χ4v) is 2.70. The quantitative estimate of drug-likeness (QED) is 0.830. The lowest BCUT2D eigenvalue weighted by molar-refractivity contribution is -0.0210. The maximum atomic E-state index is 6.16. The summed E-state index contributed by atoms with van der Waals surface area (Å²) in [4.78, 5) is 0. The molecule has 1 aromatic carbocycles. The minimum Gasteiger partial charge on any atom is -0.376 e. The predicted molar refractivity (Wildman–Crippen MR) is 79.9 cm³/mol. The van der Waals surface area contributed by atoms with Crippen LogP contribution in [0.1, 0.15) is 42.9 Å². The second kappa shape index (κ2) is 6.70. The highest BCUT2D eigenvalue weighted by Crippen LogP contribution is 2.24. The molecule has 0 radical (unpaired) electrons. The van der Waals surface area contributed by atoms with E-state index >= 15 is 0 Å². The average Bonchev–Trinajstić information content (AvgIpc) is 3.13. The van der Waals surface area contributed by atoms with Crippen molar-refractivity contribution in [3.05, 3.63) is 35.4 Å². The zero-order chi connectivity index (χ0) is 13.8. The maximum Gasteiger partial charge on any atom is 0.0950 e. The van der Waals surface area contributed by atoms with E-state index in [-0.39, 0.29) is 6.10 Å². The number of benzene rings is 1. The Morgan fingerprint density at radius 3 is 2.95 bits per heavy atom. The first-order valence-corrected chi connectivity index (χ1v) is 7.84. The van der Waals surface area contributed by atoms with E-state index in [0.29, 0.717) is 18.8 Å². The van der Waals surface area contributed by atoms with Crippen molar-refractivity contribution in [1.82, 2.24) is 5.32 Å². The van der Waals surface area contributed by atoms with Crippen LogP contribution in [0.5, 0.6) is 0 Å². The van der Waals surface area contributed by atoms with Crippen molar-refractivity contribution in [2.45, 2.75) is 50.9 Å². The van der Waals surface area contributed by atoms with E-state index in [0.717, 1.165) is 19.6 Å². The number of hydrogen-bond donors (Lipinski definition) is 1. The first kappa shape index (κ1) is 14.1. The second-order valence-electron chi connectivity index (χ2n) is 6.05. The molecule has 3 heteroatoms. The molecule has 1 saturated carbocycles. The molecule has 2 atom stereocenters. The summed E-state index contributed by atoms with van der Waals surface area (Å²) in [6.07, 6.45) is 5.36. The van der Waals surface area contributed by atoms with Crippen LogP contribution in [0, 0.1) is 6.92 Å². The van der Waals surface area contributed by atoms with Crippen LogP contribution >= 0.6 is 0 Å². The molecule has 2 aliphatic rings. The second-order valence-corrected chi connectivity index (χ2v) is 6.05. The summed E-state index contributed by atoms with van der Waals surface area (Å²) in [5, 5.41) is 3.58. The third kappa shape index (κ3) is 4.05. The molecule has 1 saturated heterocycles. The van der Waals surface area contributed by atoms with Crippen molar-refractivity contribution in [1.29, 1.82) is 0 Å². The van der Waals surface area contributed by atoms with E-state index in [1.807, 2.05) is 0 Å². The summed E-state index contributed by atoms with van der Waals surface area (Å²) in [6.45, 7) is 4.64. The third-order valence-electron chi connectivity index (χ3n) is 4.09. The highest BCUT2D eigenvalue weighted by atomic mass is 16.5. The number of rotatable bonds is 7. The monoisotopic (exact) mass is 275 g/mol. The molecule has 1 N–H and O–H groups in total. The topological polar surface area (TPSA) is 30.5 Å². The Bertz CT molecular complexity index is 425. The van der Waals surface area contributed by atoms with Gasteiger partial charge < -0.3 is 14.8 Å². The van der Waals surface area contributed by atoms with E-state index in [1.54, 1.807) is 0 Å². The lowest BCUT2D eigenvalue weighted by Gasteiger charge is -2.21. The summed E-state index contributed by atoms with van der Waals surface area (Å²) >= 11 is 0. The molecule has 1 aliphatic carbocycles. The molecule has 2 unspecified atom stereocenters. The Kier molecular flexibility index (Phi) is 4.71. The molecule has 0 amide bonds. The van der Waals surface area contributed by atoms with Crippen molar-refractivity contribution < 1.29 is 9.47 Å². The van der Waals surface area contributed by atoms with Gasteiger partial charge in [0.05, 0.1) is 18.8 Å². The Labute approximate surface area is 121 Å². The summed E-state index contributed by atoms with van der Waals surface area (Å²) in [7, 11) is 0. The van der Waals surface area contributed by atoms with Gasteiger partial charge in [0.2, 0.25) is 0 Å². The molecule has 1 aliphatic heterocycles. The molecule has 3 rings (SSSR count). The molecular formula is C17H25NO2. The predicted octanol–water partition coefficient (Wildman–Crippen LogP) is 2.98. The van der Waals surface area contributed by atoms with Gasteiger partial charge in [0.15, 0.2) is 0 Å². The summed E-state index contributed by atoms with van der Waals surface area (Å²) in [6, 6.07) is 9.36. The van der Waals surface area contributed by atoms with Gasteiger partial charge in [-0.2, -0.15) is 0 Å². The molecule has 0 bridgehead atoms.